The Hall–Kier alpha value is -1.83. The fourth-order valence-corrected chi connectivity index (χ4v) is 6.22. The number of amides is 1. The van der Waals surface area contributed by atoms with E-state index in [9.17, 15) is 4.79 Å². The number of benzene rings is 2. The van der Waals surface area contributed by atoms with Crippen molar-refractivity contribution in [3.63, 3.8) is 0 Å². The van der Waals surface area contributed by atoms with Gasteiger partial charge < -0.3 is 19.7 Å². The third kappa shape index (κ3) is 6.33. The summed E-state index contributed by atoms with van der Waals surface area (Å²) in [5.41, 5.74) is 2.35. The van der Waals surface area contributed by atoms with Gasteiger partial charge in [0, 0.05) is 12.1 Å². The first-order valence-electron chi connectivity index (χ1n) is 10.1. The van der Waals surface area contributed by atoms with Gasteiger partial charge in [0.15, 0.2) is 6.61 Å². The molecule has 0 radical (unpaired) electrons. The van der Waals surface area contributed by atoms with Crippen LogP contribution in [-0.4, -0.2) is 56.7 Å². The van der Waals surface area contributed by atoms with Crippen LogP contribution in [0.1, 0.15) is 28.2 Å². The Kier molecular flexibility index (Phi) is 8.78. The Bertz CT molecular complexity index is 808. The largest absolute Gasteiger partial charge is 0.496 e. The van der Waals surface area contributed by atoms with E-state index >= 15 is 0 Å². The summed E-state index contributed by atoms with van der Waals surface area (Å²) in [5.74, 6) is 3.83. The number of likely N-dealkylation sites (N-methyl/N-ethyl adjacent to an activating group) is 1. The number of carbonyl (C=O) groups excluding carboxylic acids is 1. The van der Waals surface area contributed by atoms with E-state index in [0.29, 0.717) is 16.9 Å². The Morgan fingerprint density at radius 2 is 1.83 bits per heavy atom. The van der Waals surface area contributed by atoms with Crippen molar-refractivity contribution in [1.82, 2.24) is 10.2 Å². The summed E-state index contributed by atoms with van der Waals surface area (Å²) in [7, 11) is 5.64. The lowest BCUT2D eigenvalue weighted by atomic mass is 10.0. The van der Waals surface area contributed by atoms with Gasteiger partial charge in [-0.25, -0.2) is 0 Å². The zero-order chi connectivity index (χ0) is 21.3. The second-order valence-electron chi connectivity index (χ2n) is 7.31. The van der Waals surface area contributed by atoms with Crippen molar-refractivity contribution in [3.05, 3.63) is 59.7 Å². The fourth-order valence-electron chi connectivity index (χ4n) is 3.32. The van der Waals surface area contributed by atoms with Gasteiger partial charge in [-0.3, -0.25) is 4.79 Å². The summed E-state index contributed by atoms with van der Waals surface area (Å²) in [6, 6.07) is 16.0. The van der Waals surface area contributed by atoms with Crippen molar-refractivity contribution < 1.29 is 14.3 Å². The molecule has 1 aliphatic heterocycles. The fraction of sp³-hybridized carbons (Fsp3) is 0.435. The second kappa shape index (κ2) is 11.5. The maximum Gasteiger partial charge on any atom is 0.258 e. The van der Waals surface area contributed by atoms with E-state index in [1.807, 2.05) is 74.0 Å². The van der Waals surface area contributed by atoms with Crippen LogP contribution in [0.3, 0.4) is 0 Å². The lowest BCUT2D eigenvalue weighted by Gasteiger charge is -2.26. The summed E-state index contributed by atoms with van der Waals surface area (Å²) < 4.78 is 11.7. The van der Waals surface area contributed by atoms with Gasteiger partial charge in [0.25, 0.3) is 5.91 Å². The lowest BCUT2D eigenvalue weighted by molar-refractivity contribution is -0.123. The predicted octanol–water partition coefficient (Wildman–Crippen LogP) is 4.36. The molecule has 0 aromatic heterocycles. The molecule has 1 N–H and O–H groups in total. The Morgan fingerprint density at radius 3 is 2.50 bits per heavy atom. The summed E-state index contributed by atoms with van der Waals surface area (Å²) >= 11 is 4.00. The monoisotopic (exact) mass is 446 g/mol. The van der Waals surface area contributed by atoms with E-state index in [0.717, 1.165) is 11.3 Å². The number of rotatable bonds is 9. The first kappa shape index (κ1) is 22.8. The third-order valence-electron chi connectivity index (χ3n) is 4.96. The first-order valence-corrected chi connectivity index (χ1v) is 12.2. The van der Waals surface area contributed by atoms with Crippen molar-refractivity contribution in [1.29, 1.82) is 0 Å². The number of nitrogens with zero attached hydrogens (tertiary/aromatic N) is 1. The van der Waals surface area contributed by atoms with Crippen LogP contribution in [0.4, 0.5) is 0 Å². The van der Waals surface area contributed by atoms with Crippen molar-refractivity contribution >= 4 is 29.4 Å². The van der Waals surface area contributed by atoms with Crippen LogP contribution in [-0.2, 0) is 4.79 Å². The van der Waals surface area contributed by atoms with Gasteiger partial charge >= 0.3 is 0 Å². The van der Waals surface area contributed by atoms with E-state index < -0.39 is 0 Å². The molecule has 0 bridgehead atoms. The molecular weight excluding hydrogens is 416 g/mol. The van der Waals surface area contributed by atoms with Gasteiger partial charge in [-0.2, -0.15) is 0 Å². The van der Waals surface area contributed by atoms with Gasteiger partial charge in [-0.15, -0.1) is 23.5 Å². The number of para-hydroxylation sites is 1. The third-order valence-corrected chi connectivity index (χ3v) is 7.98. The summed E-state index contributed by atoms with van der Waals surface area (Å²) in [6.07, 6.45) is 1.29. The molecule has 1 heterocycles. The number of methoxy groups -OCH3 is 1. The number of ether oxygens (including phenoxy) is 2. The van der Waals surface area contributed by atoms with E-state index in [-0.39, 0.29) is 18.6 Å². The molecule has 1 amide bonds. The maximum atomic E-state index is 12.4. The molecule has 0 saturated carbocycles. The standard InChI is InChI=1S/C23H30N2O3S2/c1-25(2)20(19-7-4-5-8-21(19)27-3)15-24-22(26)16-28-18-11-9-17(10-12-18)23-29-13-6-14-30-23/h4-5,7-12,20,23H,6,13-16H2,1-3H3,(H,24,26)/t20-/m0/s1. The summed E-state index contributed by atoms with van der Waals surface area (Å²) in [6.45, 7) is 0.475. The van der Waals surface area contributed by atoms with Gasteiger partial charge in [0.05, 0.1) is 17.7 Å². The maximum absolute atomic E-state index is 12.4. The van der Waals surface area contributed by atoms with Crippen LogP contribution in [0.2, 0.25) is 0 Å². The zero-order valence-corrected chi connectivity index (χ0v) is 19.4. The molecule has 7 heteroatoms. The average molecular weight is 447 g/mol. The van der Waals surface area contributed by atoms with Crippen LogP contribution >= 0.6 is 23.5 Å². The van der Waals surface area contributed by atoms with Crippen LogP contribution in [0.25, 0.3) is 0 Å². The molecule has 3 rings (SSSR count). The Labute approximate surface area is 187 Å². The molecule has 162 valence electrons. The molecule has 0 spiro atoms. The number of thioether (sulfide) groups is 2. The number of nitrogens with one attached hydrogen (secondary N) is 1. The molecule has 5 nitrogen and oxygen atoms in total. The van der Waals surface area contributed by atoms with E-state index in [2.05, 4.69) is 22.3 Å². The molecule has 0 unspecified atom stereocenters. The number of hydrogen-bond donors (Lipinski definition) is 1. The lowest BCUT2D eigenvalue weighted by Crippen LogP contribution is -2.37. The molecule has 2 aromatic carbocycles. The highest BCUT2D eigenvalue weighted by Gasteiger charge is 2.19. The predicted molar refractivity (Wildman–Crippen MR) is 127 cm³/mol. The molecule has 1 saturated heterocycles. The topological polar surface area (TPSA) is 50.8 Å². The molecular formula is C23H30N2O3S2. The number of hydrogen-bond acceptors (Lipinski definition) is 6. The smallest absolute Gasteiger partial charge is 0.258 e. The normalized spacial score (nSPS) is 15.6. The SMILES string of the molecule is COc1ccccc1[C@H](CNC(=O)COc1ccc(C2SCCCS2)cc1)N(C)C. The van der Waals surface area contributed by atoms with Crippen molar-refractivity contribution in [2.24, 2.45) is 0 Å². The van der Waals surface area contributed by atoms with Crippen LogP contribution in [0.15, 0.2) is 48.5 Å². The zero-order valence-electron chi connectivity index (χ0n) is 17.8. The van der Waals surface area contributed by atoms with Gasteiger partial charge in [-0.05, 0) is 55.8 Å². The van der Waals surface area contributed by atoms with Gasteiger partial charge in [0.1, 0.15) is 11.5 Å². The minimum absolute atomic E-state index is 0.00164. The molecule has 1 aliphatic rings. The van der Waals surface area contributed by atoms with E-state index in [1.165, 1.54) is 23.5 Å². The van der Waals surface area contributed by atoms with Crippen molar-refractivity contribution in [3.8, 4) is 11.5 Å². The van der Waals surface area contributed by atoms with E-state index in [1.54, 1.807) is 7.11 Å². The second-order valence-corrected chi connectivity index (χ2v) is 10.0. The van der Waals surface area contributed by atoms with Crippen LogP contribution in [0.5, 0.6) is 11.5 Å². The minimum atomic E-state index is -0.140. The molecule has 30 heavy (non-hydrogen) atoms. The first-order chi connectivity index (χ1) is 14.6. The highest BCUT2D eigenvalue weighted by molar-refractivity contribution is 8.16. The van der Waals surface area contributed by atoms with Crippen molar-refractivity contribution in [2.75, 3.05) is 45.9 Å². The van der Waals surface area contributed by atoms with Gasteiger partial charge in [0.2, 0.25) is 0 Å². The Balaban J connectivity index is 1.50. The highest BCUT2D eigenvalue weighted by Crippen LogP contribution is 2.43. The highest BCUT2D eigenvalue weighted by atomic mass is 32.2. The summed E-state index contributed by atoms with van der Waals surface area (Å²) in [5, 5.41) is 2.98. The van der Waals surface area contributed by atoms with Gasteiger partial charge in [-0.1, -0.05) is 30.3 Å². The summed E-state index contributed by atoms with van der Waals surface area (Å²) in [4.78, 5) is 14.4. The van der Waals surface area contributed by atoms with Crippen LogP contribution < -0.4 is 14.8 Å². The molecule has 2 aromatic rings. The molecule has 1 fully saturated rings. The van der Waals surface area contributed by atoms with E-state index in [4.69, 9.17) is 9.47 Å². The molecule has 1 atom stereocenters. The average Bonchev–Trinajstić information content (AvgIpc) is 2.79. The van der Waals surface area contributed by atoms with Crippen LogP contribution in [0, 0.1) is 0 Å². The molecule has 0 aliphatic carbocycles. The van der Waals surface area contributed by atoms with Crippen molar-refractivity contribution in [2.45, 2.75) is 17.0 Å². The number of carbonyl (C=O) groups is 1. The quantitative estimate of drug-likeness (QED) is 0.618. The Morgan fingerprint density at radius 1 is 1.13 bits per heavy atom. The minimum Gasteiger partial charge on any atom is -0.496 e.